The van der Waals surface area contributed by atoms with E-state index in [0.717, 1.165) is 0 Å². The molecule has 0 fully saturated rings. The number of hydrogen-bond donors (Lipinski definition) is 0. The molecule has 0 spiro atoms. The Hall–Kier alpha value is -0.0500. The third-order valence-electron chi connectivity index (χ3n) is 0.325. The van der Waals surface area contributed by atoms with E-state index < -0.39 is 10.8 Å². The van der Waals surface area contributed by atoms with E-state index in [2.05, 4.69) is 15.9 Å². The summed E-state index contributed by atoms with van der Waals surface area (Å²) in [6.07, 6.45) is 0. The van der Waals surface area contributed by atoms with Gasteiger partial charge in [0.15, 0.2) is 0 Å². The Morgan fingerprint density at radius 1 is 1.83 bits per heavy atom. The van der Waals surface area contributed by atoms with Crippen molar-refractivity contribution in [2.24, 2.45) is 0 Å². The first kappa shape index (κ1) is 5.95. The van der Waals surface area contributed by atoms with E-state index in [-0.39, 0.29) is 0 Å². The lowest BCUT2D eigenvalue weighted by Crippen LogP contribution is -2.04. The van der Waals surface area contributed by atoms with Crippen molar-refractivity contribution in [1.29, 1.82) is 0 Å². The molecule has 3 heteroatoms. The average molecular weight is 152 g/mol. The second-order valence-corrected chi connectivity index (χ2v) is 2.31. The molecule has 0 aromatic rings. The van der Waals surface area contributed by atoms with Crippen LogP contribution >= 0.6 is 15.9 Å². The molecule has 35 valence electrons. The Morgan fingerprint density at radius 3 is 2.00 bits per heavy atom. The van der Waals surface area contributed by atoms with Crippen molar-refractivity contribution in [1.82, 2.24) is 0 Å². The fourth-order valence-electron chi connectivity index (χ4n) is 0. The minimum Gasteiger partial charge on any atom is -0.246 e. The number of carbonyl (C=O) groups excluding carboxylic acids is 1. The van der Waals surface area contributed by atoms with Crippen molar-refractivity contribution in [2.45, 2.75) is 11.8 Å². The number of alkyl halides is 1. The monoisotopic (exact) mass is 151 g/mol. The van der Waals surface area contributed by atoms with Gasteiger partial charge in [0.2, 0.25) is 0 Å². The van der Waals surface area contributed by atoms with Crippen LogP contribution in [0.5, 0.6) is 0 Å². The highest BCUT2D eigenvalue weighted by molar-refractivity contribution is 9.10. The van der Waals surface area contributed by atoms with Crippen molar-refractivity contribution >= 4 is 21.9 Å². The average Bonchev–Trinajstić information content (AvgIpc) is 1.36. The molecule has 0 aliphatic rings. The zero-order valence-electron chi connectivity index (χ0n) is 3.27. The largest absolute Gasteiger partial charge is 0.368 e. The maximum atomic E-state index is 9.54. The fourth-order valence-corrected chi connectivity index (χ4v) is 0. The van der Waals surface area contributed by atoms with E-state index >= 15 is 0 Å². The van der Waals surface area contributed by atoms with E-state index in [9.17, 15) is 9.90 Å². The van der Waals surface area contributed by atoms with Crippen LogP contribution in [-0.4, -0.2) is 10.8 Å². The van der Waals surface area contributed by atoms with Gasteiger partial charge in [-0.2, -0.15) is 0 Å². The Morgan fingerprint density at radius 2 is 2.00 bits per heavy atom. The predicted molar refractivity (Wildman–Crippen MR) is 24.1 cm³/mol. The summed E-state index contributed by atoms with van der Waals surface area (Å²) in [6, 6.07) is 0. The van der Waals surface area contributed by atoms with E-state index in [4.69, 9.17) is 0 Å². The normalized spacial score (nSPS) is 13.7. The molecule has 0 bridgehead atoms. The smallest absolute Gasteiger partial charge is 0.246 e. The molecule has 0 aliphatic carbocycles. The highest BCUT2D eigenvalue weighted by Crippen LogP contribution is 1.94. The molecule has 0 heterocycles. The zero-order chi connectivity index (χ0) is 5.15. The van der Waals surface area contributed by atoms with Gasteiger partial charge in [-0.25, -0.2) is 9.90 Å². The van der Waals surface area contributed by atoms with E-state index in [1.54, 1.807) is 0 Å². The lowest BCUT2D eigenvalue weighted by molar-refractivity contribution is -0.141. The molecule has 0 aromatic heterocycles. The second kappa shape index (κ2) is 2.18. The number of halogens is 1. The molecular formula is C3H4BrO2. The van der Waals surface area contributed by atoms with Gasteiger partial charge in [0.1, 0.15) is 4.83 Å². The summed E-state index contributed by atoms with van der Waals surface area (Å²) < 4.78 is 0. The standard InChI is InChI=1S/C3H4BrO2/c1-2(4)3(5)6/h2H,1H3. The van der Waals surface area contributed by atoms with Crippen LogP contribution in [-0.2, 0) is 9.90 Å². The molecule has 0 N–H and O–H groups in total. The summed E-state index contributed by atoms with van der Waals surface area (Å²) >= 11 is 2.78. The Bertz CT molecular complexity index is 59.8. The number of rotatable bonds is 1. The minimum absolute atomic E-state index is 0.530. The van der Waals surface area contributed by atoms with Crippen molar-refractivity contribution in [3.8, 4) is 0 Å². The first-order valence-electron chi connectivity index (χ1n) is 1.49. The Labute approximate surface area is 44.3 Å². The molecule has 0 rings (SSSR count). The van der Waals surface area contributed by atoms with Crippen molar-refractivity contribution in [3.05, 3.63) is 0 Å². The fraction of sp³-hybridized carbons (Fsp3) is 0.667. The molecule has 0 saturated carbocycles. The van der Waals surface area contributed by atoms with Gasteiger partial charge in [-0.05, 0) is 6.92 Å². The molecule has 2 nitrogen and oxygen atoms in total. The van der Waals surface area contributed by atoms with Gasteiger partial charge in [0.25, 0.3) is 0 Å². The van der Waals surface area contributed by atoms with E-state index in [1.807, 2.05) is 0 Å². The third kappa shape index (κ3) is 2.20. The zero-order valence-corrected chi connectivity index (χ0v) is 4.86. The minimum atomic E-state index is -1.07. The summed E-state index contributed by atoms with van der Waals surface area (Å²) in [5.74, 6) is -1.07. The molecule has 0 saturated heterocycles. The lowest BCUT2D eigenvalue weighted by atomic mass is 10.5. The summed E-state index contributed by atoms with van der Waals surface area (Å²) in [4.78, 5) is 9.01. The van der Waals surface area contributed by atoms with Crippen molar-refractivity contribution in [2.75, 3.05) is 0 Å². The first-order valence-corrected chi connectivity index (χ1v) is 2.41. The van der Waals surface area contributed by atoms with Crippen molar-refractivity contribution < 1.29 is 9.90 Å². The van der Waals surface area contributed by atoms with Crippen LogP contribution in [0.3, 0.4) is 0 Å². The summed E-state index contributed by atoms with van der Waals surface area (Å²) in [6.45, 7) is 1.50. The Balaban J connectivity index is 3.26. The van der Waals surface area contributed by atoms with Crippen LogP contribution < -0.4 is 0 Å². The van der Waals surface area contributed by atoms with Gasteiger partial charge in [0, 0.05) is 0 Å². The number of hydrogen-bond acceptors (Lipinski definition) is 1. The van der Waals surface area contributed by atoms with Crippen LogP contribution in [0.4, 0.5) is 0 Å². The quantitative estimate of drug-likeness (QED) is 0.510. The molecule has 0 amide bonds. The lowest BCUT2D eigenvalue weighted by Gasteiger charge is -1.82. The second-order valence-electron chi connectivity index (χ2n) is 0.935. The summed E-state index contributed by atoms with van der Waals surface area (Å²) in [5, 5.41) is 9.54. The van der Waals surface area contributed by atoms with Crippen LogP contribution in [0.15, 0.2) is 0 Å². The van der Waals surface area contributed by atoms with Crippen LogP contribution in [0.2, 0.25) is 0 Å². The molecule has 6 heavy (non-hydrogen) atoms. The van der Waals surface area contributed by atoms with Crippen LogP contribution in [0, 0.1) is 0 Å². The molecule has 0 aliphatic heterocycles. The van der Waals surface area contributed by atoms with Gasteiger partial charge in [0.05, 0.1) is 0 Å². The maximum absolute atomic E-state index is 9.54. The molecule has 1 radical (unpaired) electrons. The van der Waals surface area contributed by atoms with Gasteiger partial charge in [-0.1, -0.05) is 15.9 Å². The van der Waals surface area contributed by atoms with Crippen LogP contribution in [0.25, 0.3) is 0 Å². The van der Waals surface area contributed by atoms with Crippen LogP contribution in [0.1, 0.15) is 6.92 Å². The summed E-state index contributed by atoms with van der Waals surface area (Å²) in [7, 11) is 0. The molecule has 1 unspecified atom stereocenters. The summed E-state index contributed by atoms with van der Waals surface area (Å²) in [5.41, 5.74) is 0. The third-order valence-corrected chi connectivity index (χ3v) is 0.699. The molecule has 0 aromatic carbocycles. The van der Waals surface area contributed by atoms with Crippen molar-refractivity contribution in [3.63, 3.8) is 0 Å². The SMILES string of the molecule is CC(Br)C([O])=O. The van der Waals surface area contributed by atoms with Gasteiger partial charge >= 0.3 is 5.97 Å². The van der Waals surface area contributed by atoms with E-state index in [1.165, 1.54) is 6.92 Å². The molecular weight excluding hydrogens is 148 g/mol. The van der Waals surface area contributed by atoms with Gasteiger partial charge in [-0.15, -0.1) is 0 Å². The first-order chi connectivity index (χ1) is 2.64. The number of carbonyl (C=O) groups is 1. The van der Waals surface area contributed by atoms with E-state index in [0.29, 0.717) is 0 Å². The topological polar surface area (TPSA) is 37.0 Å². The highest BCUT2D eigenvalue weighted by atomic mass is 79.9. The maximum Gasteiger partial charge on any atom is 0.368 e. The predicted octanol–water partition coefficient (Wildman–Crippen LogP) is 0.727. The van der Waals surface area contributed by atoms with Gasteiger partial charge < -0.3 is 0 Å². The highest BCUT2D eigenvalue weighted by Gasteiger charge is 2.05. The molecule has 1 atom stereocenters. The van der Waals surface area contributed by atoms with Gasteiger partial charge in [-0.3, -0.25) is 0 Å². The Kier molecular flexibility index (Phi) is 2.16.